The summed E-state index contributed by atoms with van der Waals surface area (Å²) < 4.78 is 2.26. The predicted molar refractivity (Wildman–Crippen MR) is 80.6 cm³/mol. The Morgan fingerprint density at radius 1 is 1.42 bits per heavy atom. The summed E-state index contributed by atoms with van der Waals surface area (Å²) >= 11 is 0. The number of hydrogen-bond acceptors (Lipinski definition) is 3. The van der Waals surface area contributed by atoms with Gasteiger partial charge >= 0.3 is 0 Å². The first-order valence-electron chi connectivity index (χ1n) is 7.52. The van der Waals surface area contributed by atoms with Crippen molar-refractivity contribution < 1.29 is 0 Å². The van der Waals surface area contributed by atoms with Crippen molar-refractivity contribution in [3.63, 3.8) is 0 Å². The van der Waals surface area contributed by atoms with Crippen LogP contribution < -0.4 is 5.32 Å². The smallest absolute Gasteiger partial charge is 0.203 e. The number of nitrogens with one attached hydrogen (secondary N) is 1. The molecule has 1 saturated carbocycles. The third kappa shape index (κ3) is 3.11. The van der Waals surface area contributed by atoms with Gasteiger partial charge in [-0.3, -0.25) is 0 Å². The minimum Gasteiger partial charge on any atom is -0.354 e. The van der Waals surface area contributed by atoms with E-state index in [4.69, 9.17) is 0 Å². The normalized spacial score (nSPS) is 17.5. The molecule has 1 fully saturated rings. The molecule has 0 aromatic carbocycles. The molecule has 1 aromatic rings. The molecular formula is C15H28N4. The van der Waals surface area contributed by atoms with Crippen molar-refractivity contribution in [1.82, 2.24) is 14.5 Å². The highest BCUT2D eigenvalue weighted by molar-refractivity contribution is 5.30. The molecule has 0 unspecified atom stereocenters. The van der Waals surface area contributed by atoms with Gasteiger partial charge in [-0.15, -0.1) is 0 Å². The van der Waals surface area contributed by atoms with E-state index < -0.39 is 0 Å². The van der Waals surface area contributed by atoms with Gasteiger partial charge in [0.15, 0.2) is 0 Å². The van der Waals surface area contributed by atoms with Crippen LogP contribution in [-0.2, 0) is 6.54 Å². The number of unbranched alkanes of at least 4 members (excludes halogenated alkanes) is 1. The first-order valence-corrected chi connectivity index (χ1v) is 7.52. The molecule has 4 heteroatoms. The molecule has 4 nitrogen and oxygen atoms in total. The van der Waals surface area contributed by atoms with Crippen LogP contribution in [0, 0.1) is 6.92 Å². The number of aryl methyl sites for hydroxylation is 2. The molecule has 19 heavy (non-hydrogen) atoms. The van der Waals surface area contributed by atoms with E-state index in [0.29, 0.717) is 5.54 Å². The Morgan fingerprint density at radius 3 is 2.68 bits per heavy atom. The Bertz CT molecular complexity index is 404. The number of hydrogen-bond donors (Lipinski definition) is 1. The second-order valence-electron chi connectivity index (χ2n) is 6.08. The molecule has 0 aliphatic heterocycles. The fourth-order valence-electron chi connectivity index (χ4n) is 2.80. The highest BCUT2D eigenvalue weighted by Gasteiger charge is 2.38. The molecule has 0 saturated heterocycles. The van der Waals surface area contributed by atoms with Crippen LogP contribution in [0.1, 0.15) is 44.7 Å². The lowest BCUT2D eigenvalue weighted by atomic mass is 9.75. The minimum absolute atomic E-state index is 0.343. The molecule has 108 valence electrons. The Labute approximate surface area is 117 Å². The standard InChI is InChI=1S/C15H28N4/c1-5-6-10-19-11-13(2)17-14(19)16-12-15(18(3)4)8-7-9-15/h11H,5-10,12H2,1-4H3,(H,16,17). The number of nitrogens with zero attached hydrogens (tertiary/aromatic N) is 3. The van der Waals surface area contributed by atoms with Gasteiger partial charge in [0.25, 0.3) is 0 Å². The fraction of sp³-hybridized carbons (Fsp3) is 0.800. The van der Waals surface area contributed by atoms with Gasteiger partial charge in [-0.25, -0.2) is 4.98 Å². The van der Waals surface area contributed by atoms with Crippen molar-refractivity contribution in [2.75, 3.05) is 26.0 Å². The zero-order valence-corrected chi connectivity index (χ0v) is 12.9. The molecule has 1 heterocycles. The summed E-state index contributed by atoms with van der Waals surface area (Å²) in [6.45, 7) is 6.36. The van der Waals surface area contributed by atoms with Crippen LogP contribution in [-0.4, -0.2) is 40.6 Å². The molecule has 1 aliphatic rings. The van der Waals surface area contributed by atoms with Crippen molar-refractivity contribution in [3.05, 3.63) is 11.9 Å². The van der Waals surface area contributed by atoms with Crippen molar-refractivity contribution in [1.29, 1.82) is 0 Å². The van der Waals surface area contributed by atoms with Crippen LogP contribution >= 0.6 is 0 Å². The first-order chi connectivity index (χ1) is 9.07. The lowest BCUT2D eigenvalue weighted by Crippen LogP contribution is -2.54. The van der Waals surface area contributed by atoms with Crippen LogP contribution in [0.4, 0.5) is 5.95 Å². The molecule has 1 aromatic heterocycles. The van der Waals surface area contributed by atoms with Gasteiger partial charge in [-0.05, 0) is 46.7 Å². The summed E-state index contributed by atoms with van der Waals surface area (Å²) in [5, 5.41) is 3.58. The number of likely N-dealkylation sites (N-methyl/N-ethyl adjacent to an activating group) is 1. The van der Waals surface area contributed by atoms with Gasteiger partial charge in [0.1, 0.15) is 0 Å². The van der Waals surface area contributed by atoms with Crippen LogP contribution in [0.3, 0.4) is 0 Å². The Morgan fingerprint density at radius 2 is 2.16 bits per heavy atom. The Balaban J connectivity index is 1.98. The molecule has 0 radical (unpaired) electrons. The predicted octanol–water partition coefficient (Wildman–Crippen LogP) is 2.89. The monoisotopic (exact) mass is 264 g/mol. The fourth-order valence-corrected chi connectivity index (χ4v) is 2.80. The zero-order valence-electron chi connectivity index (χ0n) is 12.9. The SMILES string of the molecule is CCCCn1cc(C)nc1NCC1(N(C)C)CCC1. The van der Waals surface area contributed by atoms with Gasteiger partial charge in [0.05, 0.1) is 5.69 Å². The second-order valence-corrected chi connectivity index (χ2v) is 6.08. The van der Waals surface area contributed by atoms with E-state index in [1.54, 1.807) is 0 Å². The van der Waals surface area contributed by atoms with Crippen LogP contribution in [0.5, 0.6) is 0 Å². The average molecular weight is 264 g/mol. The number of anilines is 1. The molecule has 0 atom stereocenters. The van der Waals surface area contributed by atoms with Gasteiger partial charge in [-0.1, -0.05) is 13.3 Å². The van der Waals surface area contributed by atoms with E-state index in [1.165, 1.54) is 32.1 Å². The van der Waals surface area contributed by atoms with E-state index in [-0.39, 0.29) is 0 Å². The molecule has 0 bridgehead atoms. The molecule has 1 N–H and O–H groups in total. The average Bonchev–Trinajstić information content (AvgIpc) is 2.65. The molecule has 2 rings (SSSR count). The van der Waals surface area contributed by atoms with Crippen LogP contribution in [0.25, 0.3) is 0 Å². The third-order valence-corrected chi connectivity index (χ3v) is 4.46. The summed E-state index contributed by atoms with van der Waals surface area (Å²) in [5.74, 6) is 1.04. The third-order valence-electron chi connectivity index (χ3n) is 4.46. The Kier molecular flexibility index (Phi) is 4.50. The summed E-state index contributed by atoms with van der Waals surface area (Å²) in [6.07, 6.45) is 8.52. The number of rotatable bonds is 7. The Hall–Kier alpha value is -1.03. The van der Waals surface area contributed by atoms with Crippen molar-refractivity contribution in [2.24, 2.45) is 0 Å². The summed E-state index contributed by atoms with van der Waals surface area (Å²) in [4.78, 5) is 6.99. The summed E-state index contributed by atoms with van der Waals surface area (Å²) in [6, 6.07) is 0. The van der Waals surface area contributed by atoms with E-state index in [0.717, 1.165) is 24.7 Å². The number of aromatic nitrogens is 2. The molecule has 0 spiro atoms. The zero-order chi connectivity index (χ0) is 13.9. The van der Waals surface area contributed by atoms with Gasteiger partial charge < -0.3 is 14.8 Å². The molecule has 1 aliphatic carbocycles. The van der Waals surface area contributed by atoms with Crippen molar-refractivity contribution in [3.8, 4) is 0 Å². The van der Waals surface area contributed by atoms with Gasteiger partial charge in [0.2, 0.25) is 5.95 Å². The number of imidazole rings is 1. The second kappa shape index (κ2) is 5.95. The van der Waals surface area contributed by atoms with Crippen LogP contribution in [0.2, 0.25) is 0 Å². The quantitative estimate of drug-likeness (QED) is 0.822. The maximum absolute atomic E-state index is 4.62. The molecule has 0 amide bonds. The highest BCUT2D eigenvalue weighted by Crippen LogP contribution is 2.36. The lowest BCUT2D eigenvalue weighted by molar-refractivity contribution is 0.0736. The largest absolute Gasteiger partial charge is 0.354 e. The van der Waals surface area contributed by atoms with Crippen molar-refractivity contribution in [2.45, 2.75) is 58.0 Å². The topological polar surface area (TPSA) is 33.1 Å². The lowest BCUT2D eigenvalue weighted by Gasteiger charge is -2.47. The van der Waals surface area contributed by atoms with E-state index in [2.05, 4.69) is 53.9 Å². The highest BCUT2D eigenvalue weighted by atomic mass is 15.2. The van der Waals surface area contributed by atoms with E-state index in [9.17, 15) is 0 Å². The first kappa shape index (κ1) is 14.4. The van der Waals surface area contributed by atoms with E-state index in [1.807, 2.05) is 0 Å². The van der Waals surface area contributed by atoms with Gasteiger partial charge in [-0.2, -0.15) is 0 Å². The van der Waals surface area contributed by atoms with E-state index >= 15 is 0 Å². The maximum Gasteiger partial charge on any atom is 0.203 e. The summed E-state index contributed by atoms with van der Waals surface area (Å²) in [7, 11) is 4.38. The summed E-state index contributed by atoms with van der Waals surface area (Å²) in [5.41, 5.74) is 1.45. The van der Waals surface area contributed by atoms with Gasteiger partial charge in [0, 0.05) is 24.8 Å². The minimum atomic E-state index is 0.343. The van der Waals surface area contributed by atoms with Crippen molar-refractivity contribution >= 4 is 5.95 Å². The van der Waals surface area contributed by atoms with Crippen LogP contribution in [0.15, 0.2) is 6.20 Å². The molecular weight excluding hydrogens is 236 g/mol. The maximum atomic E-state index is 4.62.